The largest absolute Gasteiger partial charge is 0.463 e. The summed E-state index contributed by atoms with van der Waals surface area (Å²) in [5.41, 5.74) is 1.17. The predicted molar refractivity (Wildman–Crippen MR) is 45.9 cm³/mol. The van der Waals surface area contributed by atoms with Gasteiger partial charge in [-0.05, 0) is 18.2 Å². The van der Waals surface area contributed by atoms with Crippen molar-refractivity contribution in [2.75, 3.05) is 0 Å². The summed E-state index contributed by atoms with van der Waals surface area (Å²) in [5.74, 6) is 0. The van der Waals surface area contributed by atoms with Crippen LogP contribution in [0.2, 0.25) is 5.02 Å². The third-order valence-corrected chi connectivity index (χ3v) is 1.99. The topological polar surface area (TPSA) is 36.9 Å². The van der Waals surface area contributed by atoms with Crippen LogP contribution in [0.15, 0.2) is 28.9 Å². The van der Waals surface area contributed by atoms with E-state index in [2.05, 4.69) is 6.07 Å². The van der Waals surface area contributed by atoms with Crippen LogP contribution >= 0.6 is 11.6 Å². The molecule has 0 unspecified atom stereocenters. The van der Waals surface area contributed by atoms with E-state index in [9.17, 15) is 0 Å². The maximum atomic E-state index is 8.71. The molecule has 0 aliphatic rings. The number of benzene rings is 1. The van der Waals surface area contributed by atoms with Gasteiger partial charge in [0.1, 0.15) is 0 Å². The van der Waals surface area contributed by atoms with E-state index in [0.717, 1.165) is 5.39 Å². The first-order valence-corrected chi connectivity index (χ1v) is 3.76. The van der Waals surface area contributed by atoms with Gasteiger partial charge in [0.25, 0.3) is 0 Å². The summed E-state index contributed by atoms with van der Waals surface area (Å²) in [7, 11) is 0. The first kappa shape index (κ1) is 7.20. The third-order valence-electron chi connectivity index (χ3n) is 1.69. The fraction of sp³-hybridized carbons (Fsp3) is 0. The van der Waals surface area contributed by atoms with Crippen molar-refractivity contribution < 1.29 is 4.42 Å². The molecule has 2 nitrogen and oxygen atoms in total. The van der Waals surface area contributed by atoms with Crippen molar-refractivity contribution in [2.24, 2.45) is 0 Å². The molecule has 0 aliphatic carbocycles. The van der Waals surface area contributed by atoms with Gasteiger partial charge in [0.15, 0.2) is 5.58 Å². The maximum absolute atomic E-state index is 8.71. The summed E-state index contributed by atoms with van der Waals surface area (Å²) < 4.78 is 5.11. The second kappa shape index (κ2) is 2.54. The van der Waals surface area contributed by atoms with Gasteiger partial charge in [-0.1, -0.05) is 11.6 Å². The van der Waals surface area contributed by atoms with Crippen LogP contribution in [-0.4, -0.2) is 0 Å². The fourth-order valence-electron chi connectivity index (χ4n) is 1.13. The molecule has 0 atom stereocenters. The summed E-state index contributed by atoms with van der Waals surface area (Å²) in [5, 5.41) is 10.0. The summed E-state index contributed by atoms with van der Waals surface area (Å²) in [4.78, 5) is 0. The molecule has 0 fully saturated rings. The number of rotatable bonds is 0. The Labute approximate surface area is 74.0 Å². The standard InChI is InChI=1S/C9H4ClNO/c10-8-2-1-6(5-11)7-3-4-12-9(7)8/h1-4H. The Morgan fingerprint density at radius 1 is 1.33 bits per heavy atom. The van der Waals surface area contributed by atoms with Crippen LogP contribution in [0.25, 0.3) is 11.0 Å². The Balaban J connectivity index is 2.94. The van der Waals surface area contributed by atoms with Gasteiger partial charge in [-0.3, -0.25) is 0 Å². The van der Waals surface area contributed by atoms with Gasteiger partial charge in [-0.2, -0.15) is 5.26 Å². The molecule has 0 saturated heterocycles. The summed E-state index contributed by atoms with van der Waals surface area (Å²) >= 11 is 5.82. The highest BCUT2D eigenvalue weighted by atomic mass is 35.5. The number of fused-ring (bicyclic) bond motifs is 1. The molecule has 0 radical (unpaired) electrons. The van der Waals surface area contributed by atoms with Crippen molar-refractivity contribution in [3.8, 4) is 6.07 Å². The van der Waals surface area contributed by atoms with E-state index in [-0.39, 0.29) is 0 Å². The number of nitrogens with zero attached hydrogens (tertiary/aromatic N) is 1. The van der Waals surface area contributed by atoms with E-state index in [1.165, 1.54) is 6.26 Å². The lowest BCUT2D eigenvalue weighted by molar-refractivity contribution is 0.616. The minimum atomic E-state index is 0.536. The zero-order valence-corrected chi connectivity index (χ0v) is 6.80. The van der Waals surface area contributed by atoms with Crippen LogP contribution in [0.5, 0.6) is 0 Å². The molecule has 0 N–H and O–H groups in total. The quantitative estimate of drug-likeness (QED) is 0.620. The molecule has 1 heterocycles. The maximum Gasteiger partial charge on any atom is 0.153 e. The van der Waals surface area contributed by atoms with Crippen LogP contribution < -0.4 is 0 Å². The van der Waals surface area contributed by atoms with Crippen molar-refractivity contribution in [1.82, 2.24) is 0 Å². The number of hydrogen-bond donors (Lipinski definition) is 0. The molecule has 58 valence electrons. The number of furan rings is 1. The van der Waals surface area contributed by atoms with Crippen LogP contribution in [0.1, 0.15) is 5.56 Å². The number of hydrogen-bond acceptors (Lipinski definition) is 2. The molecular formula is C9H4ClNO. The highest BCUT2D eigenvalue weighted by molar-refractivity contribution is 6.35. The molecule has 0 saturated carbocycles. The molecule has 12 heavy (non-hydrogen) atoms. The number of halogens is 1. The van der Waals surface area contributed by atoms with E-state index in [4.69, 9.17) is 21.3 Å². The minimum Gasteiger partial charge on any atom is -0.463 e. The van der Waals surface area contributed by atoms with Crippen LogP contribution in [0.3, 0.4) is 0 Å². The van der Waals surface area contributed by atoms with E-state index in [0.29, 0.717) is 16.2 Å². The average molecular weight is 178 g/mol. The van der Waals surface area contributed by atoms with Crippen molar-refractivity contribution in [2.45, 2.75) is 0 Å². The molecule has 0 aliphatic heterocycles. The smallest absolute Gasteiger partial charge is 0.153 e. The second-order valence-electron chi connectivity index (χ2n) is 2.37. The molecule has 1 aromatic heterocycles. The molecule has 2 rings (SSSR count). The molecular weight excluding hydrogens is 174 g/mol. The second-order valence-corrected chi connectivity index (χ2v) is 2.78. The lowest BCUT2D eigenvalue weighted by Gasteiger charge is -1.93. The Kier molecular flexibility index (Phi) is 1.53. The van der Waals surface area contributed by atoms with Crippen LogP contribution in [-0.2, 0) is 0 Å². The van der Waals surface area contributed by atoms with Gasteiger partial charge in [0.05, 0.1) is 22.9 Å². The predicted octanol–water partition coefficient (Wildman–Crippen LogP) is 2.96. The zero-order valence-electron chi connectivity index (χ0n) is 6.04. The third kappa shape index (κ3) is 0.876. The molecule has 0 spiro atoms. The van der Waals surface area contributed by atoms with Gasteiger partial charge >= 0.3 is 0 Å². The van der Waals surface area contributed by atoms with Gasteiger partial charge in [-0.25, -0.2) is 0 Å². The van der Waals surface area contributed by atoms with Crippen molar-refractivity contribution in [3.05, 3.63) is 35.0 Å². The molecule has 0 amide bonds. The van der Waals surface area contributed by atoms with Crippen molar-refractivity contribution >= 4 is 22.6 Å². The first-order chi connectivity index (χ1) is 5.83. The first-order valence-electron chi connectivity index (χ1n) is 3.39. The molecule has 0 bridgehead atoms. The van der Waals surface area contributed by atoms with Crippen LogP contribution in [0.4, 0.5) is 0 Å². The Morgan fingerprint density at radius 2 is 2.17 bits per heavy atom. The summed E-state index contributed by atoms with van der Waals surface area (Å²) in [6.07, 6.45) is 1.53. The highest BCUT2D eigenvalue weighted by Crippen LogP contribution is 2.26. The Morgan fingerprint density at radius 3 is 2.92 bits per heavy atom. The van der Waals surface area contributed by atoms with Gasteiger partial charge < -0.3 is 4.42 Å². The lowest BCUT2D eigenvalue weighted by atomic mass is 10.1. The minimum absolute atomic E-state index is 0.536. The monoisotopic (exact) mass is 177 g/mol. The SMILES string of the molecule is N#Cc1ccc(Cl)c2occc12. The van der Waals surface area contributed by atoms with Gasteiger partial charge in [0, 0.05) is 5.39 Å². The number of nitriles is 1. The molecule has 2 aromatic rings. The fourth-order valence-corrected chi connectivity index (χ4v) is 1.34. The Hall–Kier alpha value is -1.46. The molecule has 3 heteroatoms. The summed E-state index contributed by atoms with van der Waals surface area (Å²) in [6.45, 7) is 0. The Bertz CT molecular complexity index is 467. The van der Waals surface area contributed by atoms with Crippen molar-refractivity contribution in [3.63, 3.8) is 0 Å². The van der Waals surface area contributed by atoms with Crippen molar-refractivity contribution in [1.29, 1.82) is 5.26 Å². The van der Waals surface area contributed by atoms with E-state index >= 15 is 0 Å². The normalized spacial score (nSPS) is 10.0. The van der Waals surface area contributed by atoms with Gasteiger partial charge in [0.2, 0.25) is 0 Å². The van der Waals surface area contributed by atoms with E-state index in [1.807, 2.05) is 0 Å². The van der Waals surface area contributed by atoms with Crippen LogP contribution in [0, 0.1) is 11.3 Å². The molecule has 1 aromatic carbocycles. The summed E-state index contributed by atoms with van der Waals surface area (Å²) in [6, 6.07) is 7.14. The average Bonchev–Trinajstić information content (AvgIpc) is 2.54. The zero-order chi connectivity index (χ0) is 8.55. The lowest BCUT2D eigenvalue weighted by Crippen LogP contribution is -1.74. The van der Waals surface area contributed by atoms with E-state index in [1.54, 1.807) is 18.2 Å². The highest BCUT2D eigenvalue weighted by Gasteiger charge is 2.05. The van der Waals surface area contributed by atoms with Gasteiger partial charge in [-0.15, -0.1) is 0 Å². The van der Waals surface area contributed by atoms with E-state index < -0.39 is 0 Å².